The molecule has 1 atom stereocenters. The maximum Gasteiger partial charge on any atom is 0.233 e. The minimum absolute atomic E-state index is 0.0292. The molecule has 0 spiro atoms. The van der Waals surface area contributed by atoms with Gasteiger partial charge in [-0.15, -0.1) is 0 Å². The van der Waals surface area contributed by atoms with Crippen molar-refractivity contribution >= 4 is 28.6 Å². The van der Waals surface area contributed by atoms with Crippen molar-refractivity contribution in [2.24, 2.45) is 11.1 Å². The molecular formula is C7H16N2O3S2. The predicted octanol–water partition coefficient (Wildman–Crippen LogP) is -0.654. The summed E-state index contributed by atoms with van der Waals surface area (Å²) in [6, 6.07) is 0. The van der Waals surface area contributed by atoms with E-state index in [4.69, 9.17) is 5.14 Å². The number of hydrogen-bond acceptors (Lipinski definition) is 4. The molecule has 14 heavy (non-hydrogen) atoms. The van der Waals surface area contributed by atoms with Crippen LogP contribution in [-0.4, -0.2) is 31.9 Å². The summed E-state index contributed by atoms with van der Waals surface area (Å²) >= 11 is 4.07. The molecule has 0 heterocycles. The molecule has 0 saturated heterocycles. The summed E-state index contributed by atoms with van der Waals surface area (Å²) in [4.78, 5) is 11.2. The van der Waals surface area contributed by atoms with Crippen LogP contribution in [0, 0.1) is 5.92 Å². The highest BCUT2D eigenvalue weighted by Crippen LogP contribution is 2.07. The van der Waals surface area contributed by atoms with Crippen molar-refractivity contribution in [3.05, 3.63) is 0 Å². The van der Waals surface area contributed by atoms with Gasteiger partial charge in [-0.1, -0.05) is 13.8 Å². The van der Waals surface area contributed by atoms with Gasteiger partial charge in [0, 0.05) is 6.54 Å². The summed E-state index contributed by atoms with van der Waals surface area (Å²) in [5.41, 5.74) is 0. The Bertz CT molecular complexity index is 287. The van der Waals surface area contributed by atoms with Crippen LogP contribution < -0.4 is 10.5 Å². The molecule has 0 radical (unpaired) electrons. The van der Waals surface area contributed by atoms with E-state index in [1.165, 1.54) is 0 Å². The first kappa shape index (κ1) is 13.7. The molecule has 0 saturated carbocycles. The number of carbonyl (C=O) groups is 1. The van der Waals surface area contributed by atoms with Gasteiger partial charge in [0.25, 0.3) is 0 Å². The van der Waals surface area contributed by atoms with Crippen LogP contribution >= 0.6 is 12.6 Å². The zero-order valence-corrected chi connectivity index (χ0v) is 9.94. The van der Waals surface area contributed by atoms with Crippen LogP contribution in [0.4, 0.5) is 0 Å². The van der Waals surface area contributed by atoms with E-state index < -0.39 is 15.3 Å². The Morgan fingerprint density at radius 1 is 1.50 bits per heavy atom. The Kier molecular flexibility index (Phi) is 5.46. The zero-order chi connectivity index (χ0) is 11.4. The summed E-state index contributed by atoms with van der Waals surface area (Å²) in [6.45, 7) is 3.75. The summed E-state index contributed by atoms with van der Waals surface area (Å²) in [5.74, 6) is -0.419. The van der Waals surface area contributed by atoms with Gasteiger partial charge in [-0.25, -0.2) is 13.6 Å². The topological polar surface area (TPSA) is 89.3 Å². The maximum atomic E-state index is 11.2. The average Bonchev–Trinajstić information content (AvgIpc) is 2.00. The third kappa shape index (κ3) is 6.22. The lowest BCUT2D eigenvalue weighted by molar-refractivity contribution is -0.121. The van der Waals surface area contributed by atoms with Gasteiger partial charge in [0.1, 0.15) is 0 Å². The second kappa shape index (κ2) is 5.57. The second-order valence-electron chi connectivity index (χ2n) is 3.35. The number of primary sulfonamides is 1. The summed E-state index contributed by atoms with van der Waals surface area (Å²) in [7, 11) is -3.51. The van der Waals surface area contributed by atoms with Gasteiger partial charge in [-0.05, 0) is 5.92 Å². The van der Waals surface area contributed by atoms with Gasteiger partial charge < -0.3 is 5.32 Å². The number of hydrogen-bond donors (Lipinski definition) is 3. The molecule has 5 nitrogen and oxygen atoms in total. The van der Waals surface area contributed by atoms with Crippen molar-refractivity contribution in [1.82, 2.24) is 5.32 Å². The van der Waals surface area contributed by atoms with E-state index in [1.54, 1.807) is 0 Å². The molecule has 84 valence electrons. The fourth-order valence-corrected chi connectivity index (χ4v) is 1.20. The van der Waals surface area contributed by atoms with Crippen molar-refractivity contribution in [2.45, 2.75) is 19.1 Å². The number of carbonyl (C=O) groups excluding carboxylic acids is 1. The number of sulfonamides is 1. The van der Waals surface area contributed by atoms with Gasteiger partial charge >= 0.3 is 0 Å². The molecule has 0 aliphatic heterocycles. The Labute approximate surface area is 89.9 Å². The highest BCUT2D eigenvalue weighted by atomic mass is 32.2. The van der Waals surface area contributed by atoms with Crippen molar-refractivity contribution in [3.63, 3.8) is 0 Å². The first-order chi connectivity index (χ1) is 6.24. The van der Waals surface area contributed by atoms with Gasteiger partial charge in [-0.2, -0.15) is 12.6 Å². The molecule has 0 aromatic carbocycles. The van der Waals surface area contributed by atoms with Crippen LogP contribution in [0.3, 0.4) is 0 Å². The Hall–Kier alpha value is -0.270. The van der Waals surface area contributed by atoms with Crippen LogP contribution in [0.25, 0.3) is 0 Å². The molecule has 1 unspecified atom stereocenters. The fraction of sp³-hybridized carbons (Fsp3) is 0.857. The minimum atomic E-state index is -3.51. The largest absolute Gasteiger partial charge is 0.354 e. The van der Waals surface area contributed by atoms with Crippen molar-refractivity contribution < 1.29 is 13.2 Å². The zero-order valence-electron chi connectivity index (χ0n) is 8.23. The number of thiol groups is 1. The normalized spacial score (nSPS) is 14.1. The van der Waals surface area contributed by atoms with Gasteiger partial charge in [0.15, 0.2) is 0 Å². The van der Waals surface area contributed by atoms with Crippen molar-refractivity contribution in [3.8, 4) is 0 Å². The van der Waals surface area contributed by atoms with Crippen LogP contribution in [-0.2, 0) is 14.8 Å². The van der Waals surface area contributed by atoms with Crippen molar-refractivity contribution in [1.29, 1.82) is 0 Å². The molecule has 0 aliphatic rings. The average molecular weight is 240 g/mol. The highest BCUT2D eigenvalue weighted by Gasteiger charge is 2.17. The lowest BCUT2D eigenvalue weighted by atomic mass is 10.1. The number of amides is 1. The van der Waals surface area contributed by atoms with E-state index >= 15 is 0 Å². The summed E-state index contributed by atoms with van der Waals surface area (Å²) in [5, 5.41) is 6.78. The number of rotatable bonds is 5. The quantitative estimate of drug-likeness (QED) is 0.558. The van der Waals surface area contributed by atoms with Gasteiger partial charge in [-0.3, -0.25) is 4.79 Å². The molecule has 0 aromatic rings. The lowest BCUT2D eigenvalue weighted by Gasteiger charge is -2.13. The minimum Gasteiger partial charge on any atom is -0.354 e. The second-order valence-corrected chi connectivity index (χ2v) is 5.64. The third-order valence-electron chi connectivity index (χ3n) is 1.59. The van der Waals surface area contributed by atoms with Crippen LogP contribution in [0.5, 0.6) is 0 Å². The smallest absolute Gasteiger partial charge is 0.233 e. The molecule has 0 rings (SSSR count). The molecule has 7 heteroatoms. The first-order valence-electron chi connectivity index (χ1n) is 4.20. The Morgan fingerprint density at radius 3 is 2.36 bits per heavy atom. The monoisotopic (exact) mass is 240 g/mol. The molecule has 0 fully saturated rings. The summed E-state index contributed by atoms with van der Waals surface area (Å²) in [6.07, 6.45) is 0. The van der Waals surface area contributed by atoms with E-state index in [0.717, 1.165) is 0 Å². The third-order valence-corrected chi connectivity index (χ3v) is 3.19. The molecule has 0 bridgehead atoms. The molecule has 0 aliphatic carbocycles. The van der Waals surface area contributed by atoms with Gasteiger partial charge in [0.2, 0.25) is 15.9 Å². The lowest BCUT2D eigenvalue weighted by Crippen LogP contribution is -2.38. The summed E-state index contributed by atoms with van der Waals surface area (Å²) < 4.78 is 21.0. The van der Waals surface area contributed by atoms with E-state index in [1.807, 2.05) is 13.8 Å². The Morgan fingerprint density at radius 2 is 2.00 bits per heavy atom. The van der Waals surface area contributed by atoms with Crippen LogP contribution in [0.15, 0.2) is 0 Å². The first-order valence-corrected chi connectivity index (χ1v) is 6.43. The molecule has 0 aromatic heterocycles. The fourth-order valence-electron chi connectivity index (χ4n) is 0.724. The van der Waals surface area contributed by atoms with E-state index in [9.17, 15) is 13.2 Å². The number of nitrogens with one attached hydrogen (secondary N) is 1. The van der Waals surface area contributed by atoms with E-state index in [0.29, 0.717) is 0 Å². The van der Waals surface area contributed by atoms with E-state index in [2.05, 4.69) is 17.9 Å². The molecule has 1 amide bonds. The molecule has 3 N–H and O–H groups in total. The maximum absolute atomic E-state index is 11.2. The SMILES string of the molecule is CC(C)C(S)C(=O)NCCS(N)(=O)=O. The Balaban J connectivity index is 3.87. The highest BCUT2D eigenvalue weighted by molar-refractivity contribution is 7.89. The number of nitrogens with two attached hydrogens (primary N) is 1. The standard InChI is InChI=1S/C7H16N2O3S2/c1-5(2)6(13)7(10)9-3-4-14(8,11)12/h5-6,13H,3-4H2,1-2H3,(H,9,10)(H2,8,11,12). The molecular weight excluding hydrogens is 224 g/mol. The van der Waals surface area contributed by atoms with Crippen LogP contribution in [0.2, 0.25) is 0 Å². The predicted molar refractivity (Wildman–Crippen MR) is 58.6 cm³/mol. The van der Waals surface area contributed by atoms with Crippen molar-refractivity contribution in [2.75, 3.05) is 12.3 Å². The van der Waals surface area contributed by atoms with Crippen LogP contribution in [0.1, 0.15) is 13.8 Å². The van der Waals surface area contributed by atoms with E-state index in [-0.39, 0.29) is 24.1 Å². The van der Waals surface area contributed by atoms with Gasteiger partial charge in [0.05, 0.1) is 11.0 Å².